The van der Waals surface area contributed by atoms with E-state index in [-0.39, 0.29) is 0 Å². The molecule has 0 aromatic carbocycles. The Morgan fingerprint density at radius 2 is 1.80 bits per heavy atom. The van der Waals surface area contributed by atoms with Gasteiger partial charge in [0.25, 0.3) is 0 Å². The predicted molar refractivity (Wildman–Crippen MR) is 46.7 cm³/mol. The van der Waals surface area contributed by atoms with Gasteiger partial charge in [-0.3, -0.25) is 0 Å². The van der Waals surface area contributed by atoms with Crippen LogP contribution in [0.25, 0.3) is 0 Å². The van der Waals surface area contributed by atoms with Crippen LogP contribution in [0.5, 0.6) is 0 Å². The maximum atomic E-state index is 7.36. The van der Waals surface area contributed by atoms with Gasteiger partial charge in [0.1, 0.15) is 0 Å². The lowest BCUT2D eigenvalue weighted by molar-refractivity contribution is 0.918. The lowest BCUT2D eigenvalue weighted by atomic mass is 10.1. The van der Waals surface area contributed by atoms with E-state index in [0.29, 0.717) is 0 Å². The summed E-state index contributed by atoms with van der Waals surface area (Å²) in [4.78, 5) is 0. The Balaban J connectivity index is 3.35. The van der Waals surface area contributed by atoms with Crippen molar-refractivity contribution in [3.8, 4) is 0 Å². The third-order valence-corrected chi connectivity index (χ3v) is 1.71. The van der Waals surface area contributed by atoms with E-state index >= 15 is 0 Å². The molecule has 0 unspecified atom stereocenters. The molecule has 0 aromatic heterocycles. The molecular formula is C9H17N. The van der Waals surface area contributed by atoms with E-state index in [4.69, 9.17) is 5.41 Å². The SMILES string of the molecule is C=C(CC)CCC(=N)CC. The minimum Gasteiger partial charge on any atom is -0.310 e. The van der Waals surface area contributed by atoms with E-state index in [1.807, 2.05) is 6.92 Å². The molecule has 0 bridgehead atoms. The number of nitrogens with one attached hydrogen (secondary N) is 1. The van der Waals surface area contributed by atoms with E-state index < -0.39 is 0 Å². The van der Waals surface area contributed by atoms with Gasteiger partial charge in [0.15, 0.2) is 0 Å². The van der Waals surface area contributed by atoms with E-state index in [0.717, 1.165) is 31.4 Å². The van der Waals surface area contributed by atoms with Gasteiger partial charge in [0, 0.05) is 5.71 Å². The zero-order valence-corrected chi connectivity index (χ0v) is 7.04. The first-order valence-electron chi connectivity index (χ1n) is 3.93. The second-order valence-corrected chi connectivity index (χ2v) is 2.56. The van der Waals surface area contributed by atoms with Gasteiger partial charge < -0.3 is 5.41 Å². The Labute approximate surface area is 63.7 Å². The first kappa shape index (κ1) is 9.41. The van der Waals surface area contributed by atoms with Gasteiger partial charge in [-0.1, -0.05) is 26.0 Å². The largest absolute Gasteiger partial charge is 0.310 e. The van der Waals surface area contributed by atoms with Crippen molar-refractivity contribution in [2.75, 3.05) is 0 Å². The third kappa shape index (κ3) is 4.30. The summed E-state index contributed by atoms with van der Waals surface area (Å²) in [6.45, 7) is 8.02. The van der Waals surface area contributed by atoms with Gasteiger partial charge in [-0.25, -0.2) is 0 Å². The summed E-state index contributed by atoms with van der Waals surface area (Å²) in [5.41, 5.74) is 2.10. The van der Waals surface area contributed by atoms with Crippen molar-refractivity contribution in [1.82, 2.24) is 0 Å². The molecule has 0 saturated heterocycles. The number of allylic oxidation sites excluding steroid dienone is 1. The minimum absolute atomic E-state index is 0.842. The van der Waals surface area contributed by atoms with Crippen LogP contribution < -0.4 is 0 Å². The molecule has 0 heterocycles. The summed E-state index contributed by atoms with van der Waals surface area (Å²) in [5, 5.41) is 7.36. The molecule has 0 rings (SSSR count). The summed E-state index contributed by atoms with van der Waals surface area (Å²) in [5.74, 6) is 0. The number of hydrogen-bond acceptors (Lipinski definition) is 1. The first-order valence-corrected chi connectivity index (χ1v) is 3.93. The van der Waals surface area contributed by atoms with E-state index in [9.17, 15) is 0 Å². The zero-order chi connectivity index (χ0) is 7.98. The molecule has 10 heavy (non-hydrogen) atoms. The smallest absolute Gasteiger partial charge is 0.00896 e. The van der Waals surface area contributed by atoms with E-state index in [1.54, 1.807) is 0 Å². The van der Waals surface area contributed by atoms with Gasteiger partial charge in [-0.2, -0.15) is 0 Å². The number of hydrogen-bond donors (Lipinski definition) is 1. The second-order valence-electron chi connectivity index (χ2n) is 2.56. The Kier molecular flexibility index (Phi) is 4.91. The lowest BCUT2D eigenvalue weighted by Crippen LogP contribution is -1.93. The maximum Gasteiger partial charge on any atom is 0.00896 e. The molecule has 0 atom stereocenters. The summed E-state index contributed by atoms with van der Waals surface area (Å²) >= 11 is 0. The van der Waals surface area contributed by atoms with Crippen molar-refractivity contribution in [3.05, 3.63) is 12.2 Å². The summed E-state index contributed by atoms with van der Waals surface area (Å²) in [7, 11) is 0. The monoisotopic (exact) mass is 139 g/mol. The highest BCUT2D eigenvalue weighted by Crippen LogP contribution is 2.07. The van der Waals surface area contributed by atoms with Crippen LogP contribution in [-0.4, -0.2) is 5.71 Å². The first-order chi connectivity index (χ1) is 4.70. The van der Waals surface area contributed by atoms with Crippen LogP contribution in [0.15, 0.2) is 12.2 Å². The Bertz CT molecular complexity index is 109. The minimum atomic E-state index is 0.842. The van der Waals surface area contributed by atoms with Crippen molar-refractivity contribution in [1.29, 1.82) is 5.41 Å². The molecule has 0 saturated carbocycles. The van der Waals surface area contributed by atoms with Crippen molar-refractivity contribution in [2.45, 2.75) is 39.5 Å². The highest BCUT2D eigenvalue weighted by molar-refractivity contribution is 5.81. The molecule has 58 valence electrons. The molecule has 0 amide bonds. The molecule has 0 aliphatic heterocycles. The molecule has 0 spiro atoms. The maximum absolute atomic E-state index is 7.36. The molecular weight excluding hydrogens is 122 g/mol. The summed E-state index contributed by atoms with van der Waals surface area (Å²) in [6.07, 6.45) is 3.85. The van der Waals surface area contributed by atoms with Crippen LogP contribution in [0.3, 0.4) is 0 Å². The number of rotatable bonds is 5. The molecule has 0 aliphatic rings. The van der Waals surface area contributed by atoms with Gasteiger partial charge in [0.05, 0.1) is 0 Å². The predicted octanol–water partition coefficient (Wildman–Crippen LogP) is 3.16. The molecule has 1 N–H and O–H groups in total. The van der Waals surface area contributed by atoms with Crippen molar-refractivity contribution in [3.63, 3.8) is 0 Å². The van der Waals surface area contributed by atoms with Crippen molar-refractivity contribution in [2.24, 2.45) is 0 Å². The van der Waals surface area contributed by atoms with Crippen molar-refractivity contribution >= 4 is 5.71 Å². The molecule has 0 fully saturated rings. The summed E-state index contributed by atoms with van der Waals surface area (Å²) < 4.78 is 0. The van der Waals surface area contributed by atoms with Gasteiger partial charge in [0.2, 0.25) is 0 Å². The average molecular weight is 139 g/mol. The third-order valence-electron chi connectivity index (χ3n) is 1.71. The van der Waals surface area contributed by atoms with Gasteiger partial charge >= 0.3 is 0 Å². The molecule has 0 aromatic rings. The van der Waals surface area contributed by atoms with Crippen LogP contribution in [0.4, 0.5) is 0 Å². The lowest BCUT2D eigenvalue weighted by Gasteiger charge is -2.01. The normalized spacial score (nSPS) is 9.40. The van der Waals surface area contributed by atoms with Crippen LogP contribution in [0.2, 0.25) is 0 Å². The highest BCUT2D eigenvalue weighted by Gasteiger charge is 1.94. The fraction of sp³-hybridized carbons (Fsp3) is 0.667. The Morgan fingerprint density at radius 3 is 2.20 bits per heavy atom. The zero-order valence-electron chi connectivity index (χ0n) is 7.04. The second kappa shape index (κ2) is 5.21. The molecule has 0 radical (unpaired) electrons. The average Bonchev–Trinajstić information content (AvgIpc) is 1.99. The quantitative estimate of drug-likeness (QED) is 0.447. The summed E-state index contributed by atoms with van der Waals surface area (Å²) in [6, 6.07) is 0. The Morgan fingerprint density at radius 1 is 1.20 bits per heavy atom. The van der Waals surface area contributed by atoms with Gasteiger partial charge in [-0.05, 0) is 25.7 Å². The van der Waals surface area contributed by atoms with Crippen LogP contribution in [0.1, 0.15) is 39.5 Å². The van der Waals surface area contributed by atoms with E-state index in [2.05, 4.69) is 13.5 Å². The molecule has 0 aliphatic carbocycles. The molecule has 1 heteroatoms. The Hall–Kier alpha value is -0.590. The fourth-order valence-electron chi connectivity index (χ4n) is 0.681. The topological polar surface area (TPSA) is 23.9 Å². The van der Waals surface area contributed by atoms with Gasteiger partial charge in [-0.15, -0.1) is 0 Å². The van der Waals surface area contributed by atoms with Crippen molar-refractivity contribution < 1.29 is 0 Å². The molecule has 1 nitrogen and oxygen atoms in total. The van der Waals surface area contributed by atoms with Crippen LogP contribution >= 0.6 is 0 Å². The standard InChI is InChI=1S/C9H17N/c1-4-8(3)6-7-9(10)5-2/h10H,3-7H2,1-2H3. The van der Waals surface area contributed by atoms with E-state index in [1.165, 1.54) is 5.57 Å². The van der Waals surface area contributed by atoms with Crippen LogP contribution in [0, 0.1) is 5.41 Å². The fourth-order valence-corrected chi connectivity index (χ4v) is 0.681. The van der Waals surface area contributed by atoms with Crippen LogP contribution in [-0.2, 0) is 0 Å². The highest BCUT2D eigenvalue weighted by atomic mass is 14.4.